The molecular formula is C57H37N5Si. The molecule has 1 aliphatic rings. The molecule has 294 valence electrons. The quantitative estimate of drug-likeness (QED) is 0.167. The van der Waals surface area contributed by atoms with Crippen LogP contribution in [-0.2, 0) is 0 Å². The molecule has 0 aliphatic carbocycles. The van der Waals surface area contributed by atoms with Crippen LogP contribution >= 0.6 is 0 Å². The van der Waals surface area contributed by atoms with Crippen molar-refractivity contribution in [3.8, 4) is 45.5 Å². The van der Waals surface area contributed by atoms with E-state index in [1.165, 1.54) is 31.9 Å². The van der Waals surface area contributed by atoms with Crippen LogP contribution in [0.25, 0.3) is 89.2 Å². The lowest BCUT2D eigenvalue weighted by Crippen LogP contribution is -2.74. The van der Waals surface area contributed by atoms with Gasteiger partial charge in [0.05, 0.1) is 22.1 Å². The molecule has 0 amide bonds. The van der Waals surface area contributed by atoms with Crippen molar-refractivity contribution in [3.63, 3.8) is 0 Å². The lowest BCUT2D eigenvalue weighted by Gasteiger charge is -2.35. The van der Waals surface area contributed by atoms with Gasteiger partial charge in [0.15, 0.2) is 13.9 Å². The first-order chi connectivity index (χ1) is 31.2. The first-order valence-corrected chi connectivity index (χ1v) is 23.4. The van der Waals surface area contributed by atoms with Crippen LogP contribution in [0.2, 0.25) is 0 Å². The van der Waals surface area contributed by atoms with E-state index < -0.39 is 8.07 Å². The fraction of sp³-hybridized carbons (Fsp3) is 0. The van der Waals surface area contributed by atoms with Gasteiger partial charge < -0.3 is 0 Å². The minimum absolute atomic E-state index is 0.561. The summed E-state index contributed by atoms with van der Waals surface area (Å²) in [7, 11) is -3.01. The second-order valence-corrected chi connectivity index (χ2v) is 20.2. The van der Waals surface area contributed by atoms with Crippen molar-refractivity contribution >= 4 is 72.4 Å². The van der Waals surface area contributed by atoms with Gasteiger partial charge in [-0.15, -0.1) is 0 Å². The third kappa shape index (κ3) is 5.32. The highest BCUT2D eigenvalue weighted by atomic mass is 28.3. The van der Waals surface area contributed by atoms with E-state index in [9.17, 15) is 0 Å². The Hall–Kier alpha value is -8.19. The molecule has 4 heterocycles. The highest BCUT2D eigenvalue weighted by molar-refractivity contribution is 7.20. The number of aromatic nitrogens is 5. The Bertz CT molecular complexity index is 3660. The SMILES string of the molecule is c1ccc([Si]2(c3ccccc3)c3cccc(c3)-c3nc(-n4c5ccccc5c5ccccc54)nc(n3)-n3c4ccccc4c4ccc(cc43)-c3ccccc3-c3cccc2c3)cc1. The average molecular weight is 820 g/mol. The van der Waals surface area contributed by atoms with Crippen molar-refractivity contribution < 1.29 is 0 Å². The number of fused-ring (bicyclic) bond motifs is 18. The molecule has 0 N–H and O–H groups in total. The average Bonchev–Trinajstić information content (AvgIpc) is 3.87. The maximum Gasteiger partial charge on any atom is 0.240 e. The van der Waals surface area contributed by atoms with Crippen molar-refractivity contribution in [1.29, 1.82) is 0 Å². The number of hydrogen-bond acceptors (Lipinski definition) is 3. The number of benzene rings is 9. The molecular weight excluding hydrogens is 783 g/mol. The van der Waals surface area contributed by atoms with Crippen molar-refractivity contribution in [2.75, 3.05) is 0 Å². The maximum atomic E-state index is 5.51. The number of nitrogens with zero attached hydrogens (tertiary/aromatic N) is 5. The zero-order chi connectivity index (χ0) is 41.5. The number of para-hydroxylation sites is 3. The van der Waals surface area contributed by atoms with Crippen LogP contribution in [0.4, 0.5) is 0 Å². The summed E-state index contributed by atoms with van der Waals surface area (Å²) in [6.45, 7) is 0. The second kappa shape index (κ2) is 13.9. The Labute approximate surface area is 364 Å². The first kappa shape index (κ1) is 35.6. The van der Waals surface area contributed by atoms with E-state index in [0.29, 0.717) is 17.7 Å². The van der Waals surface area contributed by atoms with Gasteiger partial charge in [-0.2, -0.15) is 15.0 Å². The topological polar surface area (TPSA) is 48.5 Å². The summed E-state index contributed by atoms with van der Waals surface area (Å²) in [5, 5.41) is 9.73. The van der Waals surface area contributed by atoms with E-state index in [1.54, 1.807) is 0 Å². The van der Waals surface area contributed by atoms with E-state index >= 15 is 0 Å². The summed E-state index contributed by atoms with van der Waals surface area (Å²) in [5.41, 5.74) is 9.72. The van der Waals surface area contributed by atoms with Gasteiger partial charge >= 0.3 is 0 Å². The van der Waals surface area contributed by atoms with Crippen LogP contribution in [0.3, 0.4) is 0 Å². The molecule has 0 fully saturated rings. The van der Waals surface area contributed by atoms with Gasteiger partial charge in [-0.3, -0.25) is 9.13 Å². The zero-order valence-electron chi connectivity index (χ0n) is 34.1. The van der Waals surface area contributed by atoms with Crippen LogP contribution in [0.15, 0.2) is 224 Å². The van der Waals surface area contributed by atoms with Crippen LogP contribution < -0.4 is 20.7 Å². The zero-order valence-corrected chi connectivity index (χ0v) is 35.1. The Kier molecular flexibility index (Phi) is 7.86. The fourth-order valence-corrected chi connectivity index (χ4v) is 15.2. The fourth-order valence-electron chi connectivity index (χ4n) is 10.3. The predicted octanol–water partition coefficient (Wildman–Crippen LogP) is 10.8. The van der Waals surface area contributed by atoms with E-state index in [0.717, 1.165) is 60.3 Å². The molecule has 12 aromatic rings. The minimum atomic E-state index is -3.01. The van der Waals surface area contributed by atoms with Gasteiger partial charge in [0.1, 0.15) is 0 Å². The molecule has 0 saturated heterocycles. The van der Waals surface area contributed by atoms with E-state index in [2.05, 4.69) is 234 Å². The Morgan fingerprint density at radius 3 is 1.25 bits per heavy atom. The largest absolute Gasteiger partial charge is 0.278 e. The molecule has 8 bridgehead atoms. The molecule has 0 radical (unpaired) electrons. The smallest absolute Gasteiger partial charge is 0.240 e. The van der Waals surface area contributed by atoms with E-state index in [-0.39, 0.29) is 0 Å². The molecule has 0 atom stereocenters. The molecule has 3 aromatic heterocycles. The summed E-state index contributed by atoms with van der Waals surface area (Å²) in [6, 6.07) is 81.9. The molecule has 0 saturated carbocycles. The first-order valence-electron chi connectivity index (χ1n) is 21.4. The highest BCUT2D eigenvalue weighted by Gasteiger charge is 2.42. The molecule has 6 heteroatoms. The molecule has 0 spiro atoms. The molecule has 63 heavy (non-hydrogen) atoms. The van der Waals surface area contributed by atoms with Gasteiger partial charge in [0, 0.05) is 27.1 Å². The van der Waals surface area contributed by atoms with Crippen LogP contribution in [0.1, 0.15) is 0 Å². The second-order valence-electron chi connectivity index (χ2n) is 16.4. The molecule has 13 rings (SSSR count). The van der Waals surface area contributed by atoms with Crippen molar-refractivity contribution in [2.24, 2.45) is 0 Å². The third-order valence-electron chi connectivity index (χ3n) is 13.1. The minimum Gasteiger partial charge on any atom is -0.278 e. The van der Waals surface area contributed by atoms with E-state index in [4.69, 9.17) is 15.0 Å². The van der Waals surface area contributed by atoms with Gasteiger partial charge in [-0.1, -0.05) is 200 Å². The third-order valence-corrected chi connectivity index (χ3v) is 17.8. The summed E-state index contributed by atoms with van der Waals surface area (Å²) >= 11 is 0. The lowest BCUT2D eigenvalue weighted by molar-refractivity contribution is 0.893. The van der Waals surface area contributed by atoms with Crippen LogP contribution in [0.5, 0.6) is 0 Å². The van der Waals surface area contributed by atoms with Gasteiger partial charge in [0.2, 0.25) is 11.9 Å². The standard InChI is InChI=1S/C57H37N5Si/c1-3-19-41(20-4-1)63(42-21-5-2-6-22-42)43-23-15-17-38(35-43)45-25-7-8-26-46(45)39-33-34-50-49-29-11-14-32-53(49)62(54(50)37-39)57-59-55(40-18-16-24-44(63)36-40)58-56(60-57)61-51-30-12-9-27-47(51)48-28-10-13-31-52(48)61/h1-37H. The van der Waals surface area contributed by atoms with E-state index in [1.807, 2.05) is 0 Å². The number of rotatable bonds is 3. The van der Waals surface area contributed by atoms with Crippen molar-refractivity contribution in [3.05, 3.63) is 224 Å². The van der Waals surface area contributed by atoms with Crippen LogP contribution in [-0.4, -0.2) is 32.2 Å². The summed E-state index contributed by atoms with van der Waals surface area (Å²) in [6.07, 6.45) is 0. The Morgan fingerprint density at radius 1 is 0.286 bits per heavy atom. The van der Waals surface area contributed by atoms with Crippen LogP contribution in [0, 0.1) is 0 Å². The Balaban J connectivity index is 1.21. The summed E-state index contributed by atoms with van der Waals surface area (Å²) < 4.78 is 4.44. The molecule has 0 unspecified atom stereocenters. The summed E-state index contributed by atoms with van der Waals surface area (Å²) in [4.78, 5) is 16.5. The van der Waals surface area contributed by atoms with Gasteiger partial charge in [0.25, 0.3) is 0 Å². The van der Waals surface area contributed by atoms with Gasteiger partial charge in [-0.05, 0) is 67.3 Å². The molecule has 1 aliphatic heterocycles. The molecule has 5 nitrogen and oxygen atoms in total. The highest BCUT2D eigenvalue weighted by Crippen LogP contribution is 2.39. The van der Waals surface area contributed by atoms with Crippen molar-refractivity contribution in [2.45, 2.75) is 0 Å². The summed E-state index contributed by atoms with van der Waals surface area (Å²) in [5.74, 6) is 1.73. The number of hydrogen-bond donors (Lipinski definition) is 0. The normalized spacial score (nSPS) is 12.9. The van der Waals surface area contributed by atoms with Gasteiger partial charge in [-0.25, -0.2) is 0 Å². The van der Waals surface area contributed by atoms with Crippen molar-refractivity contribution in [1.82, 2.24) is 24.1 Å². The Morgan fingerprint density at radius 2 is 0.698 bits per heavy atom. The maximum absolute atomic E-state index is 5.51. The monoisotopic (exact) mass is 819 g/mol. The lowest BCUT2D eigenvalue weighted by atomic mass is 9.94. The predicted molar refractivity (Wildman–Crippen MR) is 262 cm³/mol. The molecule has 9 aromatic carbocycles.